The maximum Gasteiger partial charge on any atom is 0.270 e. The molecular weight excluding hydrogens is 298 g/mol. The monoisotopic (exact) mass is 327 g/mol. The third-order valence-electron chi connectivity index (χ3n) is 5.02. The van der Waals surface area contributed by atoms with Crippen molar-refractivity contribution in [1.29, 1.82) is 0 Å². The molecular formula is C20H29N3O. The minimum atomic E-state index is 0.0719. The van der Waals surface area contributed by atoms with E-state index in [9.17, 15) is 4.79 Å². The maximum absolute atomic E-state index is 12.7. The Hall–Kier alpha value is -1.81. The molecule has 0 radical (unpaired) electrons. The van der Waals surface area contributed by atoms with Crippen LogP contribution in [0.15, 0.2) is 24.3 Å². The summed E-state index contributed by atoms with van der Waals surface area (Å²) < 4.78 is 0. The highest BCUT2D eigenvalue weighted by molar-refractivity contribution is 5.98. The summed E-state index contributed by atoms with van der Waals surface area (Å²) in [5.41, 5.74) is 3.10. The normalized spacial score (nSPS) is 16.0. The Balaban J connectivity index is 1.72. The van der Waals surface area contributed by atoms with Gasteiger partial charge in [-0.2, -0.15) is 0 Å². The molecule has 1 aromatic heterocycles. The number of carbonyl (C=O) groups excluding carboxylic acids is 1. The lowest BCUT2D eigenvalue weighted by Gasteiger charge is -2.21. The van der Waals surface area contributed by atoms with Crippen LogP contribution in [0.5, 0.6) is 0 Å². The summed E-state index contributed by atoms with van der Waals surface area (Å²) in [5.74, 6) is 0.0719. The number of hydrogen-bond donors (Lipinski definition) is 1. The van der Waals surface area contributed by atoms with Crippen LogP contribution in [0.2, 0.25) is 0 Å². The van der Waals surface area contributed by atoms with Gasteiger partial charge in [-0.25, -0.2) is 0 Å². The lowest BCUT2D eigenvalue weighted by atomic mass is 9.87. The third-order valence-corrected chi connectivity index (χ3v) is 5.02. The first kappa shape index (κ1) is 17.0. The van der Waals surface area contributed by atoms with Gasteiger partial charge in [0.1, 0.15) is 5.69 Å². The average Bonchev–Trinajstić information content (AvgIpc) is 3.19. The van der Waals surface area contributed by atoms with Crippen LogP contribution in [0.4, 0.5) is 0 Å². The number of likely N-dealkylation sites (N-methyl/N-ethyl adjacent to an activating group) is 1. The van der Waals surface area contributed by atoms with Crippen molar-refractivity contribution in [3.8, 4) is 0 Å². The molecule has 1 N–H and O–H groups in total. The molecule has 0 aliphatic carbocycles. The number of fused-ring (bicyclic) bond motifs is 1. The highest BCUT2D eigenvalue weighted by Crippen LogP contribution is 2.26. The van der Waals surface area contributed by atoms with Crippen molar-refractivity contribution in [2.24, 2.45) is 0 Å². The lowest BCUT2D eigenvalue weighted by Crippen LogP contribution is -2.35. The van der Waals surface area contributed by atoms with Crippen LogP contribution in [-0.2, 0) is 5.41 Å². The van der Waals surface area contributed by atoms with E-state index in [1.165, 1.54) is 31.5 Å². The number of nitrogens with one attached hydrogen (secondary N) is 1. The second-order valence-electron chi connectivity index (χ2n) is 8.01. The summed E-state index contributed by atoms with van der Waals surface area (Å²) in [5, 5.41) is 1.10. The second-order valence-corrected chi connectivity index (χ2v) is 8.01. The molecule has 0 unspecified atom stereocenters. The molecule has 0 bridgehead atoms. The number of benzene rings is 1. The van der Waals surface area contributed by atoms with Gasteiger partial charge in [0.25, 0.3) is 5.91 Å². The number of aromatic nitrogens is 1. The Labute approximate surface area is 144 Å². The van der Waals surface area contributed by atoms with Crippen LogP contribution in [0.3, 0.4) is 0 Å². The molecule has 1 aromatic carbocycles. The van der Waals surface area contributed by atoms with E-state index in [4.69, 9.17) is 0 Å². The molecule has 1 aliphatic heterocycles. The number of aromatic amines is 1. The SMILES string of the molecule is CN(CCN1CCCC1)C(=O)c1cc2ccc(C(C)(C)C)cc2[nH]1. The summed E-state index contributed by atoms with van der Waals surface area (Å²) in [6.07, 6.45) is 2.57. The highest BCUT2D eigenvalue weighted by Gasteiger charge is 2.18. The smallest absolute Gasteiger partial charge is 0.270 e. The largest absolute Gasteiger partial charge is 0.351 e. The van der Waals surface area contributed by atoms with Crippen molar-refractivity contribution in [2.45, 2.75) is 39.0 Å². The quantitative estimate of drug-likeness (QED) is 0.931. The van der Waals surface area contributed by atoms with Crippen molar-refractivity contribution < 1.29 is 4.79 Å². The molecule has 4 nitrogen and oxygen atoms in total. The number of nitrogens with zero attached hydrogens (tertiary/aromatic N) is 2. The van der Waals surface area contributed by atoms with E-state index in [0.717, 1.165) is 24.0 Å². The van der Waals surface area contributed by atoms with E-state index in [2.05, 4.69) is 48.9 Å². The van der Waals surface area contributed by atoms with E-state index >= 15 is 0 Å². The molecule has 0 atom stereocenters. The Morgan fingerprint density at radius 3 is 2.58 bits per heavy atom. The fourth-order valence-corrected chi connectivity index (χ4v) is 3.31. The van der Waals surface area contributed by atoms with Crippen LogP contribution in [0.25, 0.3) is 10.9 Å². The molecule has 1 saturated heterocycles. The fraction of sp³-hybridized carbons (Fsp3) is 0.550. The summed E-state index contributed by atoms with van der Waals surface area (Å²) in [6, 6.07) is 8.39. The summed E-state index contributed by atoms with van der Waals surface area (Å²) in [4.78, 5) is 20.3. The fourth-order valence-electron chi connectivity index (χ4n) is 3.31. The number of likely N-dealkylation sites (tertiary alicyclic amines) is 1. The number of amides is 1. The van der Waals surface area contributed by atoms with Gasteiger partial charge in [-0.1, -0.05) is 32.9 Å². The zero-order chi connectivity index (χ0) is 17.3. The molecule has 3 rings (SSSR count). The number of rotatable bonds is 4. The van der Waals surface area contributed by atoms with Gasteiger partial charge in [0.15, 0.2) is 0 Å². The molecule has 1 fully saturated rings. The van der Waals surface area contributed by atoms with Gasteiger partial charge in [-0.15, -0.1) is 0 Å². The van der Waals surface area contributed by atoms with Gasteiger partial charge in [-0.05, 0) is 49.0 Å². The molecule has 24 heavy (non-hydrogen) atoms. The van der Waals surface area contributed by atoms with Crippen LogP contribution in [-0.4, -0.2) is 53.9 Å². The predicted molar refractivity (Wildman–Crippen MR) is 99.6 cm³/mol. The highest BCUT2D eigenvalue weighted by atomic mass is 16.2. The molecule has 2 aromatic rings. The molecule has 130 valence electrons. The van der Waals surface area contributed by atoms with Gasteiger partial charge < -0.3 is 14.8 Å². The maximum atomic E-state index is 12.7. The van der Waals surface area contributed by atoms with Gasteiger partial charge in [0, 0.05) is 31.0 Å². The van der Waals surface area contributed by atoms with Gasteiger partial charge in [0.05, 0.1) is 0 Å². The second kappa shape index (κ2) is 6.60. The minimum Gasteiger partial charge on any atom is -0.351 e. The summed E-state index contributed by atoms with van der Waals surface area (Å²) >= 11 is 0. The zero-order valence-corrected chi connectivity index (χ0v) is 15.4. The Morgan fingerprint density at radius 1 is 1.21 bits per heavy atom. The molecule has 0 spiro atoms. The Bertz CT molecular complexity index is 720. The predicted octanol–water partition coefficient (Wildman–Crippen LogP) is 3.63. The molecule has 0 saturated carbocycles. The number of carbonyl (C=O) groups is 1. The van der Waals surface area contributed by atoms with E-state index in [-0.39, 0.29) is 11.3 Å². The first-order valence-corrected chi connectivity index (χ1v) is 8.96. The number of hydrogen-bond acceptors (Lipinski definition) is 2. The topological polar surface area (TPSA) is 39.3 Å². The van der Waals surface area contributed by atoms with Crippen LogP contribution >= 0.6 is 0 Å². The number of H-pyrrole nitrogens is 1. The molecule has 1 aliphatic rings. The first-order chi connectivity index (χ1) is 11.3. The van der Waals surface area contributed by atoms with Crippen molar-refractivity contribution in [3.05, 3.63) is 35.5 Å². The van der Waals surface area contributed by atoms with Crippen molar-refractivity contribution in [1.82, 2.24) is 14.8 Å². The van der Waals surface area contributed by atoms with E-state index in [0.29, 0.717) is 5.69 Å². The zero-order valence-electron chi connectivity index (χ0n) is 15.4. The van der Waals surface area contributed by atoms with Crippen molar-refractivity contribution in [3.63, 3.8) is 0 Å². The van der Waals surface area contributed by atoms with Crippen LogP contribution in [0, 0.1) is 0 Å². The van der Waals surface area contributed by atoms with E-state index in [1.807, 2.05) is 18.0 Å². The summed E-state index contributed by atoms with van der Waals surface area (Å²) in [7, 11) is 1.89. The molecule has 2 heterocycles. The summed E-state index contributed by atoms with van der Waals surface area (Å²) in [6.45, 7) is 10.7. The van der Waals surface area contributed by atoms with Gasteiger partial charge in [0.2, 0.25) is 0 Å². The first-order valence-electron chi connectivity index (χ1n) is 8.96. The molecule has 4 heteroatoms. The van der Waals surface area contributed by atoms with Crippen LogP contribution in [0.1, 0.15) is 49.7 Å². The van der Waals surface area contributed by atoms with Gasteiger partial charge >= 0.3 is 0 Å². The third kappa shape index (κ3) is 3.64. The van der Waals surface area contributed by atoms with Crippen LogP contribution < -0.4 is 0 Å². The standard InChI is InChI=1S/C20H29N3O/c1-20(2,3)16-8-7-15-13-18(21-17(15)14-16)19(24)22(4)11-12-23-9-5-6-10-23/h7-8,13-14,21H,5-6,9-12H2,1-4H3. The van der Waals surface area contributed by atoms with E-state index in [1.54, 1.807) is 0 Å². The van der Waals surface area contributed by atoms with Gasteiger partial charge in [-0.3, -0.25) is 4.79 Å². The molecule has 1 amide bonds. The minimum absolute atomic E-state index is 0.0719. The van der Waals surface area contributed by atoms with Crippen molar-refractivity contribution in [2.75, 3.05) is 33.2 Å². The Morgan fingerprint density at radius 2 is 1.92 bits per heavy atom. The van der Waals surface area contributed by atoms with E-state index < -0.39 is 0 Å². The Kier molecular flexibility index (Phi) is 4.68. The lowest BCUT2D eigenvalue weighted by molar-refractivity contribution is 0.0777. The average molecular weight is 327 g/mol. The van der Waals surface area contributed by atoms with Crippen molar-refractivity contribution >= 4 is 16.8 Å².